The molecule has 1 aromatic rings. The second kappa shape index (κ2) is 8.70. The number of hydrogen-bond donors (Lipinski definition) is 1. The zero-order valence-electron chi connectivity index (χ0n) is 14.1. The lowest BCUT2D eigenvalue weighted by molar-refractivity contribution is -0.136. The Hall–Kier alpha value is -1.66. The molecule has 124 valence electrons. The largest absolute Gasteiger partial charge is 0.475 e. The number of nitrogens with zero attached hydrogens (tertiary/aromatic N) is 1. The molecule has 0 fully saturated rings. The first-order valence-electron chi connectivity index (χ1n) is 7.42. The predicted molar refractivity (Wildman–Crippen MR) is 85.3 cm³/mol. The minimum absolute atomic E-state index is 0.171. The van der Waals surface area contributed by atoms with Crippen LogP contribution in [0.2, 0.25) is 0 Å². The van der Waals surface area contributed by atoms with Crippen LogP contribution in [0.1, 0.15) is 32.4 Å². The molecule has 0 aliphatic heterocycles. The number of carbonyl (C=O) groups excluding carboxylic acids is 1. The van der Waals surface area contributed by atoms with Crippen molar-refractivity contribution >= 4 is 11.6 Å². The summed E-state index contributed by atoms with van der Waals surface area (Å²) in [7, 11) is 3.16. The summed E-state index contributed by atoms with van der Waals surface area (Å²) in [5.74, 6) is 0.338. The zero-order chi connectivity index (χ0) is 16.6. The van der Waals surface area contributed by atoms with E-state index in [1.54, 1.807) is 33.3 Å². The molecule has 0 radical (unpaired) electrons. The molecule has 1 atom stereocenters. The molecule has 6 heteroatoms. The second-order valence-corrected chi connectivity index (χ2v) is 5.26. The average molecular weight is 310 g/mol. The molecule has 0 aliphatic rings. The normalized spacial score (nSPS) is 13.5. The van der Waals surface area contributed by atoms with Gasteiger partial charge in [0.05, 0.1) is 18.0 Å². The second-order valence-electron chi connectivity index (χ2n) is 5.26. The molecule has 1 unspecified atom stereocenters. The molecule has 1 N–H and O–H groups in total. The summed E-state index contributed by atoms with van der Waals surface area (Å²) >= 11 is 0. The van der Waals surface area contributed by atoms with E-state index in [1.165, 1.54) is 0 Å². The van der Waals surface area contributed by atoms with Crippen molar-refractivity contribution in [1.29, 1.82) is 0 Å². The van der Waals surface area contributed by atoms with E-state index in [2.05, 4.69) is 10.3 Å². The lowest BCUT2D eigenvalue weighted by Crippen LogP contribution is -2.42. The van der Waals surface area contributed by atoms with Crippen LogP contribution < -0.4 is 10.1 Å². The first-order chi connectivity index (χ1) is 10.5. The van der Waals surface area contributed by atoms with Gasteiger partial charge < -0.3 is 19.5 Å². The van der Waals surface area contributed by atoms with Gasteiger partial charge in [-0.2, -0.15) is 0 Å². The van der Waals surface area contributed by atoms with Crippen molar-refractivity contribution in [3.63, 3.8) is 0 Å². The molecular formula is C16H26N2O4. The fourth-order valence-corrected chi connectivity index (χ4v) is 2.02. The van der Waals surface area contributed by atoms with Gasteiger partial charge in [-0.15, -0.1) is 0 Å². The molecule has 0 saturated heterocycles. The highest BCUT2D eigenvalue weighted by atomic mass is 16.5. The monoisotopic (exact) mass is 310 g/mol. The van der Waals surface area contributed by atoms with E-state index < -0.39 is 5.60 Å². The zero-order valence-corrected chi connectivity index (χ0v) is 14.1. The first-order valence-corrected chi connectivity index (χ1v) is 7.42. The van der Waals surface area contributed by atoms with E-state index in [4.69, 9.17) is 14.2 Å². The molecule has 1 rings (SSSR count). The average Bonchev–Trinajstić information content (AvgIpc) is 2.50. The van der Waals surface area contributed by atoms with Crippen molar-refractivity contribution in [2.75, 3.05) is 32.8 Å². The van der Waals surface area contributed by atoms with Gasteiger partial charge in [-0.3, -0.25) is 4.79 Å². The van der Waals surface area contributed by atoms with Crippen LogP contribution in [0.25, 0.3) is 0 Å². The summed E-state index contributed by atoms with van der Waals surface area (Å²) < 4.78 is 15.7. The summed E-state index contributed by atoms with van der Waals surface area (Å²) in [5, 5.41) is 2.87. The molecule has 0 spiro atoms. The quantitative estimate of drug-likeness (QED) is 0.710. The van der Waals surface area contributed by atoms with Crippen molar-refractivity contribution in [2.24, 2.45) is 0 Å². The summed E-state index contributed by atoms with van der Waals surface area (Å²) in [6.45, 7) is 6.57. The van der Waals surface area contributed by atoms with Crippen molar-refractivity contribution in [3.8, 4) is 5.88 Å². The van der Waals surface area contributed by atoms with Crippen molar-refractivity contribution in [1.82, 2.24) is 4.98 Å². The summed E-state index contributed by atoms with van der Waals surface area (Å²) in [4.78, 5) is 16.7. The van der Waals surface area contributed by atoms with E-state index in [-0.39, 0.29) is 5.91 Å². The molecule has 6 nitrogen and oxygen atoms in total. The summed E-state index contributed by atoms with van der Waals surface area (Å²) in [6.07, 6.45) is 1.52. The Morgan fingerprint density at radius 1 is 1.32 bits per heavy atom. The number of hydrogen-bond acceptors (Lipinski definition) is 5. The van der Waals surface area contributed by atoms with Gasteiger partial charge >= 0.3 is 0 Å². The number of rotatable bonds is 9. The molecule has 1 aromatic heterocycles. The number of carbonyl (C=O) groups is 1. The van der Waals surface area contributed by atoms with Crippen molar-refractivity contribution in [2.45, 2.75) is 39.2 Å². The van der Waals surface area contributed by atoms with Gasteiger partial charge in [0.1, 0.15) is 12.2 Å². The highest BCUT2D eigenvalue weighted by Gasteiger charge is 2.32. The highest BCUT2D eigenvalue weighted by molar-refractivity contribution is 5.97. The Bertz CT molecular complexity index is 493. The lowest BCUT2D eigenvalue weighted by atomic mass is 9.99. The van der Waals surface area contributed by atoms with Gasteiger partial charge in [0, 0.05) is 20.3 Å². The number of amides is 1. The molecule has 0 aliphatic carbocycles. The molecule has 1 amide bonds. The Kier molecular flexibility index (Phi) is 7.27. The number of aryl methyl sites for hydroxylation is 1. The fraction of sp³-hybridized carbons (Fsp3) is 0.625. The smallest absolute Gasteiger partial charge is 0.256 e. The molecule has 0 aromatic carbocycles. The van der Waals surface area contributed by atoms with Crippen LogP contribution in [0.5, 0.6) is 5.88 Å². The maximum Gasteiger partial charge on any atom is 0.256 e. The van der Waals surface area contributed by atoms with E-state index in [9.17, 15) is 4.79 Å². The molecule has 1 heterocycles. The standard InChI is InChI=1S/C16H26N2O4/c1-6-9-16(3,21-5)15(19)18-13-7-8-14(17-12(13)2)22-11-10-20-4/h7-8H,6,9-11H2,1-5H3,(H,18,19). The Labute approximate surface area is 132 Å². The Morgan fingerprint density at radius 2 is 2.05 bits per heavy atom. The van der Waals surface area contributed by atoms with Crippen LogP contribution in [-0.4, -0.2) is 43.9 Å². The number of aromatic nitrogens is 1. The Balaban J connectivity index is 2.75. The number of pyridine rings is 1. The summed E-state index contributed by atoms with van der Waals surface area (Å²) in [6, 6.07) is 3.51. The molecule has 22 heavy (non-hydrogen) atoms. The number of methoxy groups -OCH3 is 2. The van der Waals surface area contributed by atoms with Crippen LogP contribution >= 0.6 is 0 Å². The van der Waals surface area contributed by atoms with Gasteiger partial charge in [-0.25, -0.2) is 4.98 Å². The van der Waals surface area contributed by atoms with Gasteiger partial charge in [0.2, 0.25) is 5.88 Å². The van der Waals surface area contributed by atoms with Crippen LogP contribution in [0, 0.1) is 6.92 Å². The maximum atomic E-state index is 12.4. The number of ether oxygens (including phenoxy) is 3. The first kappa shape index (κ1) is 18.4. The van der Waals surface area contributed by atoms with Crippen molar-refractivity contribution in [3.05, 3.63) is 17.8 Å². The van der Waals surface area contributed by atoms with E-state index in [1.807, 2.05) is 13.8 Å². The van der Waals surface area contributed by atoms with Crippen LogP contribution in [-0.2, 0) is 14.3 Å². The molecule has 0 bridgehead atoms. The lowest BCUT2D eigenvalue weighted by Gasteiger charge is -2.26. The predicted octanol–water partition coefficient (Wildman–Crippen LogP) is 2.56. The van der Waals surface area contributed by atoms with E-state index in [0.29, 0.717) is 36.9 Å². The van der Waals surface area contributed by atoms with Crippen LogP contribution in [0.4, 0.5) is 5.69 Å². The van der Waals surface area contributed by atoms with Gasteiger partial charge in [-0.1, -0.05) is 13.3 Å². The maximum absolute atomic E-state index is 12.4. The molecule has 0 saturated carbocycles. The minimum atomic E-state index is -0.838. The Morgan fingerprint density at radius 3 is 2.59 bits per heavy atom. The van der Waals surface area contributed by atoms with E-state index in [0.717, 1.165) is 6.42 Å². The fourth-order valence-electron chi connectivity index (χ4n) is 2.02. The van der Waals surface area contributed by atoms with Crippen LogP contribution in [0.15, 0.2) is 12.1 Å². The topological polar surface area (TPSA) is 69.7 Å². The molecular weight excluding hydrogens is 284 g/mol. The van der Waals surface area contributed by atoms with Crippen LogP contribution in [0.3, 0.4) is 0 Å². The summed E-state index contributed by atoms with van der Waals surface area (Å²) in [5.41, 5.74) is 0.510. The minimum Gasteiger partial charge on any atom is -0.475 e. The van der Waals surface area contributed by atoms with Crippen molar-refractivity contribution < 1.29 is 19.0 Å². The van der Waals surface area contributed by atoms with E-state index >= 15 is 0 Å². The third-order valence-electron chi connectivity index (χ3n) is 3.50. The highest BCUT2D eigenvalue weighted by Crippen LogP contribution is 2.22. The third-order valence-corrected chi connectivity index (χ3v) is 3.50. The van der Waals surface area contributed by atoms with Gasteiger partial charge in [0.15, 0.2) is 0 Å². The SMILES string of the molecule is CCCC(C)(OC)C(=O)Nc1ccc(OCCOC)nc1C. The number of nitrogens with one attached hydrogen (secondary N) is 1. The third kappa shape index (κ3) is 4.96. The van der Waals surface area contributed by atoms with Gasteiger partial charge in [0.25, 0.3) is 5.91 Å². The van der Waals surface area contributed by atoms with Gasteiger partial charge in [-0.05, 0) is 26.3 Å². The number of anilines is 1.